The smallest absolute Gasteiger partial charge is 0.253 e. The lowest BCUT2D eigenvalue weighted by Gasteiger charge is -2.04. The largest absolute Gasteiger partial charge is 0.368 e. The van der Waals surface area contributed by atoms with Gasteiger partial charge in [0.25, 0.3) is 5.91 Å². The highest BCUT2D eigenvalue weighted by atomic mass is 79.9. The van der Waals surface area contributed by atoms with E-state index in [1.165, 1.54) is 0 Å². The van der Waals surface area contributed by atoms with Crippen LogP contribution in [0, 0.1) is 0 Å². The average molecular weight is 292 g/mol. The Labute approximate surface area is 99.9 Å². The number of hydrogen-bond acceptors (Lipinski definition) is 2. The van der Waals surface area contributed by atoms with Crippen LogP contribution in [0.3, 0.4) is 0 Å². The normalized spacial score (nSPS) is 9.73. The van der Waals surface area contributed by atoms with Crippen molar-refractivity contribution >= 4 is 39.3 Å². The summed E-state index contributed by atoms with van der Waals surface area (Å²) < 4.78 is 0.777. The number of amides is 2. The molecule has 1 rings (SSSR count). The van der Waals surface area contributed by atoms with Gasteiger partial charge in [0.1, 0.15) is 0 Å². The molecule has 2 amide bonds. The van der Waals surface area contributed by atoms with Crippen LogP contribution in [0.15, 0.2) is 22.7 Å². The van der Waals surface area contributed by atoms with Crippen molar-refractivity contribution in [2.24, 2.45) is 5.73 Å². The molecule has 0 fully saturated rings. The van der Waals surface area contributed by atoms with E-state index in [-0.39, 0.29) is 6.54 Å². The van der Waals surface area contributed by atoms with Crippen molar-refractivity contribution in [2.75, 3.05) is 6.54 Å². The molecule has 4 nitrogen and oxygen atoms in total. The standard InChI is InChI=1S/C9H8BrClN2O2/c10-5-1-2-6(7(11)3-5)9(15)13-4-8(12)14/h1-3H,4H2,(H2,12,14)(H,13,15). The lowest BCUT2D eigenvalue weighted by Crippen LogP contribution is -2.33. The molecule has 0 atom stereocenters. The Morgan fingerprint density at radius 3 is 2.67 bits per heavy atom. The third-order valence-electron chi connectivity index (χ3n) is 1.60. The van der Waals surface area contributed by atoms with Crippen molar-refractivity contribution in [3.63, 3.8) is 0 Å². The van der Waals surface area contributed by atoms with Crippen LogP contribution in [0.5, 0.6) is 0 Å². The van der Waals surface area contributed by atoms with Crippen LogP contribution in [0.4, 0.5) is 0 Å². The molecular weight excluding hydrogens is 283 g/mol. The minimum Gasteiger partial charge on any atom is -0.368 e. The molecule has 0 saturated carbocycles. The van der Waals surface area contributed by atoms with E-state index >= 15 is 0 Å². The summed E-state index contributed by atoms with van der Waals surface area (Å²) in [6.07, 6.45) is 0. The first-order valence-corrected chi connectivity index (χ1v) is 5.19. The van der Waals surface area contributed by atoms with E-state index in [4.69, 9.17) is 17.3 Å². The molecule has 0 aromatic heterocycles. The number of carbonyl (C=O) groups excluding carboxylic acids is 2. The van der Waals surface area contributed by atoms with Gasteiger partial charge >= 0.3 is 0 Å². The lowest BCUT2D eigenvalue weighted by molar-refractivity contribution is -0.117. The number of rotatable bonds is 3. The third-order valence-corrected chi connectivity index (χ3v) is 2.40. The third kappa shape index (κ3) is 3.53. The van der Waals surface area contributed by atoms with Gasteiger partial charge in [-0.2, -0.15) is 0 Å². The van der Waals surface area contributed by atoms with Gasteiger partial charge in [0.2, 0.25) is 5.91 Å². The van der Waals surface area contributed by atoms with Gasteiger partial charge in [-0.15, -0.1) is 0 Å². The number of carbonyl (C=O) groups is 2. The highest BCUT2D eigenvalue weighted by Gasteiger charge is 2.10. The zero-order valence-corrected chi connectivity index (χ0v) is 9.93. The predicted octanol–water partition coefficient (Wildman–Crippen LogP) is 1.32. The van der Waals surface area contributed by atoms with Crippen molar-refractivity contribution in [3.05, 3.63) is 33.3 Å². The number of nitrogens with two attached hydrogens (primary N) is 1. The summed E-state index contributed by atoms with van der Waals surface area (Å²) in [6.45, 7) is -0.203. The van der Waals surface area contributed by atoms with E-state index in [0.717, 1.165) is 4.47 Å². The summed E-state index contributed by atoms with van der Waals surface area (Å²) >= 11 is 9.05. The average Bonchev–Trinajstić information content (AvgIpc) is 2.14. The second-order valence-electron chi connectivity index (χ2n) is 2.77. The molecule has 15 heavy (non-hydrogen) atoms. The number of nitrogens with one attached hydrogen (secondary N) is 1. The summed E-state index contributed by atoms with van der Waals surface area (Å²) in [4.78, 5) is 21.9. The maximum Gasteiger partial charge on any atom is 0.253 e. The van der Waals surface area contributed by atoms with Crippen molar-refractivity contribution in [3.8, 4) is 0 Å². The Kier molecular flexibility index (Phi) is 4.11. The maximum absolute atomic E-state index is 11.5. The molecule has 0 saturated heterocycles. The molecule has 0 heterocycles. The first-order chi connectivity index (χ1) is 7.00. The molecule has 0 bridgehead atoms. The fraction of sp³-hybridized carbons (Fsp3) is 0.111. The van der Waals surface area contributed by atoms with E-state index in [1.54, 1.807) is 18.2 Å². The van der Waals surface area contributed by atoms with E-state index in [9.17, 15) is 9.59 Å². The quantitative estimate of drug-likeness (QED) is 0.881. The molecule has 6 heteroatoms. The van der Waals surface area contributed by atoms with Gasteiger partial charge in [-0.1, -0.05) is 27.5 Å². The fourth-order valence-corrected chi connectivity index (χ4v) is 1.70. The molecule has 0 unspecified atom stereocenters. The summed E-state index contributed by atoms with van der Waals surface area (Å²) in [5.74, 6) is -1.03. The zero-order valence-electron chi connectivity index (χ0n) is 7.59. The fourth-order valence-electron chi connectivity index (χ4n) is 0.936. The van der Waals surface area contributed by atoms with Crippen LogP contribution in [0.2, 0.25) is 5.02 Å². The number of hydrogen-bond donors (Lipinski definition) is 2. The maximum atomic E-state index is 11.5. The molecular formula is C9H8BrClN2O2. The van der Waals surface area contributed by atoms with Crippen molar-refractivity contribution in [2.45, 2.75) is 0 Å². The van der Waals surface area contributed by atoms with Crippen molar-refractivity contribution in [1.29, 1.82) is 0 Å². The molecule has 0 radical (unpaired) electrons. The van der Waals surface area contributed by atoms with Crippen molar-refractivity contribution < 1.29 is 9.59 Å². The highest BCUT2D eigenvalue weighted by Crippen LogP contribution is 2.21. The Morgan fingerprint density at radius 2 is 2.13 bits per heavy atom. The monoisotopic (exact) mass is 290 g/mol. The van der Waals surface area contributed by atoms with Crippen molar-refractivity contribution in [1.82, 2.24) is 5.32 Å². The van der Waals surface area contributed by atoms with Crippen LogP contribution < -0.4 is 11.1 Å². The van der Waals surface area contributed by atoms with Crippen LogP contribution in [0.1, 0.15) is 10.4 Å². The van der Waals surface area contributed by atoms with E-state index in [1.807, 2.05) is 0 Å². The molecule has 1 aromatic rings. The topological polar surface area (TPSA) is 72.2 Å². The molecule has 3 N–H and O–H groups in total. The van der Waals surface area contributed by atoms with E-state index in [0.29, 0.717) is 10.6 Å². The summed E-state index contributed by atoms with van der Waals surface area (Å²) in [7, 11) is 0. The van der Waals surface area contributed by atoms with Crippen LogP contribution in [-0.4, -0.2) is 18.4 Å². The highest BCUT2D eigenvalue weighted by molar-refractivity contribution is 9.10. The van der Waals surface area contributed by atoms with Gasteiger partial charge in [-0.3, -0.25) is 9.59 Å². The Morgan fingerprint density at radius 1 is 1.47 bits per heavy atom. The minimum absolute atomic E-state index is 0.203. The molecule has 0 spiro atoms. The van der Waals surface area contributed by atoms with Gasteiger partial charge in [0.05, 0.1) is 17.1 Å². The minimum atomic E-state index is -0.600. The number of primary amides is 1. The van der Waals surface area contributed by atoms with Gasteiger partial charge in [0.15, 0.2) is 0 Å². The van der Waals surface area contributed by atoms with Gasteiger partial charge in [0, 0.05) is 4.47 Å². The van der Waals surface area contributed by atoms with Gasteiger partial charge in [-0.05, 0) is 18.2 Å². The predicted molar refractivity (Wildman–Crippen MR) is 60.7 cm³/mol. The Hall–Kier alpha value is -1.07. The summed E-state index contributed by atoms with van der Waals surface area (Å²) in [6, 6.07) is 4.84. The van der Waals surface area contributed by atoms with E-state index in [2.05, 4.69) is 21.2 Å². The zero-order chi connectivity index (χ0) is 11.4. The summed E-state index contributed by atoms with van der Waals surface area (Å²) in [5.41, 5.74) is 5.19. The number of halogens is 2. The van der Waals surface area contributed by atoms with Crippen LogP contribution in [0.25, 0.3) is 0 Å². The Bertz CT molecular complexity index is 409. The Balaban J connectivity index is 2.78. The van der Waals surface area contributed by atoms with Crippen LogP contribution >= 0.6 is 27.5 Å². The molecule has 80 valence electrons. The number of benzene rings is 1. The van der Waals surface area contributed by atoms with Crippen LogP contribution in [-0.2, 0) is 4.79 Å². The molecule has 0 aliphatic heterocycles. The van der Waals surface area contributed by atoms with E-state index < -0.39 is 11.8 Å². The first-order valence-electron chi connectivity index (χ1n) is 4.02. The SMILES string of the molecule is NC(=O)CNC(=O)c1ccc(Br)cc1Cl. The summed E-state index contributed by atoms with van der Waals surface area (Å²) in [5, 5.41) is 2.66. The molecule has 1 aromatic carbocycles. The second-order valence-corrected chi connectivity index (χ2v) is 4.10. The molecule has 0 aliphatic carbocycles. The van der Waals surface area contributed by atoms with Gasteiger partial charge in [-0.25, -0.2) is 0 Å². The second kappa shape index (κ2) is 5.14. The van der Waals surface area contributed by atoms with Gasteiger partial charge < -0.3 is 11.1 Å². The lowest BCUT2D eigenvalue weighted by atomic mass is 10.2. The first kappa shape index (κ1) is 12.0. The molecule has 0 aliphatic rings.